The molecular weight excluding hydrogens is 338 g/mol. The lowest BCUT2D eigenvalue weighted by atomic mass is 9.88. The van der Waals surface area contributed by atoms with Crippen LogP contribution in [-0.4, -0.2) is 22.0 Å². The number of nitrogens with zero attached hydrogens (tertiary/aromatic N) is 3. The van der Waals surface area contributed by atoms with E-state index in [9.17, 15) is 9.59 Å². The van der Waals surface area contributed by atoms with E-state index in [1.165, 1.54) is 0 Å². The van der Waals surface area contributed by atoms with Crippen LogP contribution in [0.25, 0.3) is 10.9 Å². The van der Waals surface area contributed by atoms with Crippen molar-refractivity contribution in [1.82, 2.24) is 9.66 Å². The van der Waals surface area contributed by atoms with Gasteiger partial charge in [0.15, 0.2) is 11.3 Å². The van der Waals surface area contributed by atoms with Crippen molar-refractivity contribution in [1.29, 1.82) is 0 Å². The fourth-order valence-corrected chi connectivity index (χ4v) is 3.85. The number of rotatable bonds is 5. The lowest BCUT2D eigenvalue weighted by Crippen LogP contribution is -2.40. The van der Waals surface area contributed by atoms with Crippen molar-refractivity contribution in [2.75, 3.05) is 11.6 Å². The molecule has 1 saturated heterocycles. The minimum Gasteiger partial charge on any atom is -0.296 e. The summed E-state index contributed by atoms with van der Waals surface area (Å²) in [6.07, 6.45) is 0.608. The molecule has 0 saturated carbocycles. The van der Waals surface area contributed by atoms with Crippen molar-refractivity contribution in [3.63, 3.8) is 0 Å². The van der Waals surface area contributed by atoms with Crippen molar-refractivity contribution in [2.45, 2.75) is 32.7 Å². The van der Waals surface area contributed by atoms with Gasteiger partial charge in [-0.3, -0.25) is 14.6 Å². The summed E-state index contributed by atoms with van der Waals surface area (Å²) >= 11 is 0. The zero-order chi connectivity index (χ0) is 19.2. The summed E-state index contributed by atoms with van der Waals surface area (Å²) in [5, 5.41) is 2.45. The van der Waals surface area contributed by atoms with Crippen LogP contribution in [0.5, 0.6) is 0 Å². The molecule has 138 valence electrons. The average Bonchev–Trinajstić information content (AvgIpc) is 3.44. The van der Waals surface area contributed by atoms with Crippen LogP contribution in [0.3, 0.4) is 0 Å². The Morgan fingerprint density at radius 3 is 2.44 bits per heavy atom. The van der Waals surface area contributed by atoms with Crippen LogP contribution in [0.1, 0.15) is 32.2 Å². The van der Waals surface area contributed by atoms with Gasteiger partial charge in [-0.25, -0.2) is 9.66 Å². The maximum Gasteiger partial charge on any atom is 0.280 e. The van der Waals surface area contributed by atoms with Gasteiger partial charge >= 0.3 is 0 Å². The first kappa shape index (κ1) is 17.5. The van der Waals surface area contributed by atoms with Gasteiger partial charge in [0, 0.05) is 12.3 Å². The molecule has 0 spiro atoms. The first-order valence-electron chi connectivity index (χ1n) is 9.39. The van der Waals surface area contributed by atoms with Crippen LogP contribution in [0.4, 0.5) is 0 Å². The third-order valence-corrected chi connectivity index (χ3v) is 5.28. The smallest absolute Gasteiger partial charge is 0.280 e. The molecule has 2 aromatic carbocycles. The summed E-state index contributed by atoms with van der Waals surface area (Å²) in [4.78, 5) is 31.2. The van der Waals surface area contributed by atoms with E-state index >= 15 is 0 Å². The largest absolute Gasteiger partial charge is 0.296 e. The highest BCUT2D eigenvalue weighted by molar-refractivity contribution is 5.97. The third kappa shape index (κ3) is 2.57. The molecule has 0 aliphatic carbocycles. The molecule has 4 rings (SSSR count). The van der Waals surface area contributed by atoms with Gasteiger partial charge in [0.1, 0.15) is 5.82 Å². The van der Waals surface area contributed by atoms with Gasteiger partial charge in [0.05, 0.1) is 17.4 Å². The molecular formula is C22H23N3O2. The molecule has 2 heterocycles. The summed E-state index contributed by atoms with van der Waals surface area (Å²) in [6.45, 7) is 6.28. The Morgan fingerprint density at radius 2 is 1.78 bits per heavy atom. The monoisotopic (exact) mass is 361 g/mol. The normalized spacial score (nSPS) is 18.9. The highest BCUT2D eigenvalue weighted by atomic mass is 16.2. The molecule has 0 N–H and O–H groups in total. The Kier molecular flexibility index (Phi) is 4.10. The summed E-state index contributed by atoms with van der Waals surface area (Å²) < 4.78 is 1.62. The zero-order valence-corrected chi connectivity index (χ0v) is 15.8. The molecule has 1 aromatic heterocycles. The highest BCUT2D eigenvalue weighted by Crippen LogP contribution is 2.43. The van der Waals surface area contributed by atoms with E-state index in [-0.39, 0.29) is 17.3 Å². The highest BCUT2D eigenvalue weighted by Gasteiger charge is 2.61. The van der Waals surface area contributed by atoms with Crippen LogP contribution in [0, 0.1) is 5.92 Å². The zero-order valence-electron chi connectivity index (χ0n) is 15.8. The van der Waals surface area contributed by atoms with Crippen molar-refractivity contribution < 1.29 is 4.79 Å². The quantitative estimate of drug-likeness (QED) is 0.656. The number of hydrogen-bond donors (Lipinski definition) is 0. The van der Waals surface area contributed by atoms with Crippen LogP contribution in [0.2, 0.25) is 0 Å². The number of fused-ring (bicyclic) bond motifs is 1. The Hall–Kier alpha value is -2.95. The van der Waals surface area contributed by atoms with Gasteiger partial charge < -0.3 is 0 Å². The van der Waals surface area contributed by atoms with E-state index in [2.05, 4.69) is 4.98 Å². The van der Waals surface area contributed by atoms with Gasteiger partial charge in [0.25, 0.3) is 5.56 Å². The van der Waals surface area contributed by atoms with E-state index < -0.39 is 5.54 Å². The fraction of sp³-hybridized carbons (Fsp3) is 0.318. The van der Waals surface area contributed by atoms with Gasteiger partial charge in [-0.05, 0) is 17.7 Å². The number of benzene rings is 2. The molecule has 1 atom stereocenters. The van der Waals surface area contributed by atoms with Crippen molar-refractivity contribution in [3.8, 4) is 0 Å². The standard InChI is InChI=1S/C22H23N3O2/c1-4-19-23-18-13-9-8-12-17(18)21(27)25(19)24-14-22(24,20(26)15(2)3)16-10-6-5-7-11-16/h5-13,15H,4,14H2,1-3H3/t22-,24?/m0/s1. The summed E-state index contributed by atoms with van der Waals surface area (Å²) in [7, 11) is 0. The number of hydrogen-bond acceptors (Lipinski definition) is 4. The van der Waals surface area contributed by atoms with Crippen LogP contribution in [0.15, 0.2) is 59.4 Å². The Balaban J connectivity index is 1.93. The minimum absolute atomic E-state index is 0.119. The van der Waals surface area contributed by atoms with Crippen molar-refractivity contribution in [3.05, 3.63) is 76.3 Å². The number of Topliss-reactive ketones (excluding diaryl/α,β-unsaturated/α-hetero) is 1. The molecule has 0 amide bonds. The number of aryl methyl sites for hydroxylation is 1. The Labute approximate surface area is 158 Å². The molecule has 5 nitrogen and oxygen atoms in total. The van der Waals surface area contributed by atoms with Crippen molar-refractivity contribution in [2.24, 2.45) is 5.92 Å². The summed E-state index contributed by atoms with van der Waals surface area (Å²) in [5.41, 5.74) is 0.698. The van der Waals surface area contributed by atoms with E-state index in [1.54, 1.807) is 10.7 Å². The number of para-hydroxylation sites is 1. The minimum atomic E-state index is -0.798. The first-order chi connectivity index (χ1) is 13.0. The SMILES string of the molecule is CCc1nc2ccccc2c(=O)n1N1C[C@@]1(C(=O)C(C)C)c1ccccc1. The first-order valence-corrected chi connectivity index (χ1v) is 9.39. The van der Waals surface area contributed by atoms with Gasteiger partial charge in [-0.15, -0.1) is 0 Å². The number of carbonyl (C=O) groups is 1. The maximum absolute atomic E-state index is 13.3. The molecule has 27 heavy (non-hydrogen) atoms. The third-order valence-electron chi connectivity index (χ3n) is 5.28. The summed E-state index contributed by atoms with van der Waals surface area (Å²) in [6, 6.07) is 17.1. The number of aromatic nitrogens is 2. The molecule has 1 aliphatic heterocycles. The van der Waals surface area contributed by atoms with Gasteiger partial charge in [-0.2, -0.15) is 0 Å². The average molecular weight is 361 g/mol. The lowest BCUT2D eigenvalue weighted by molar-refractivity contribution is -0.124. The fourth-order valence-electron chi connectivity index (χ4n) is 3.85. The molecule has 3 aromatic rings. The second-order valence-electron chi connectivity index (χ2n) is 7.32. The molecule has 0 radical (unpaired) electrons. The molecule has 0 bridgehead atoms. The lowest BCUT2D eigenvalue weighted by Gasteiger charge is -2.22. The van der Waals surface area contributed by atoms with Crippen molar-refractivity contribution >= 4 is 16.7 Å². The summed E-state index contributed by atoms with van der Waals surface area (Å²) in [5.74, 6) is 0.660. The van der Waals surface area contributed by atoms with E-state index in [4.69, 9.17) is 0 Å². The van der Waals surface area contributed by atoms with E-state index in [0.29, 0.717) is 29.7 Å². The number of ketones is 1. The second kappa shape index (κ2) is 6.34. The van der Waals surface area contributed by atoms with Crippen LogP contribution in [-0.2, 0) is 16.8 Å². The second-order valence-corrected chi connectivity index (χ2v) is 7.32. The molecule has 0 unspecified atom stereocenters. The van der Waals surface area contributed by atoms with Crippen LogP contribution < -0.4 is 10.6 Å². The Morgan fingerprint density at radius 1 is 1.11 bits per heavy atom. The van der Waals surface area contributed by atoms with E-state index in [1.807, 2.05) is 74.3 Å². The molecule has 1 aliphatic rings. The Bertz CT molecular complexity index is 1070. The van der Waals surface area contributed by atoms with Crippen LogP contribution >= 0.6 is 0 Å². The predicted octanol–water partition coefficient (Wildman–Crippen LogP) is 3.03. The molecule has 5 heteroatoms. The predicted molar refractivity (Wildman–Crippen MR) is 106 cm³/mol. The maximum atomic E-state index is 13.3. The van der Waals surface area contributed by atoms with E-state index in [0.717, 1.165) is 5.56 Å². The molecule has 1 fully saturated rings. The topological polar surface area (TPSA) is 55.0 Å². The number of carbonyl (C=O) groups excluding carboxylic acids is 1. The van der Waals surface area contributed by atoms with Gasteiger partial charge in [0.2, 0.25) is 0 Å². The van der Waals surface area contributed by atoms with Gasteiger partial charge in [-0.1, -0.05) is 63.2 Å².